The summed E-state index contributed by atoms with van der Waals surface area (Å²) in [6.45, 7) is 7.41. The van der Waals surface area contributed by atoms with Crippen molar-refractivity contribution in [1.29, 1.82) is 0 Å². The molecule has 0 aliphatic carbocycles. The predicted molar refractivity (Wildman–Crippen MR) is 43.3 cm³/mol. The summed E-state index contributed by atoms with van der Waals surface area (Å²) in [6, 6.07) is 0. The average molecular weight is 160 g/mol. The molecule has 1 saturated heterocycles. The highest BCUT2D eigenvalue weighted by Gasteiger charge is 2.48. The molecule has 0 aromatic carbocycles. The van der Waals surface area contributed by atoms with E-state index in [0.717, 1.165) is 6.42 Å². The van der Waals surface area contributed by atoms with Gasteiger partial charge in [0, 0.05) is 5.92 Å². The van der Waals surface area contributed by atoms with E-state index in [2.05, 4.69) is 0 Å². The van der Waals surface area contributed by atoms with Gasteiger partial charge in [-0.15, -0.1) is 0 Å². The van der Waals surface area contributed by atoms with Crippen LogP contribution in [0.5, 0.6) is 0 Å². The topological polar surface area (TPSA) is 9.23 Å². The van der Waals surface area contributed by atoms with E-state index in [-0.39, 0.29) is 18.1 Å². The van der Waals surface area contributed by atoms with Crippen LogP contribution in [0.2, 0.25) is 0 Å². The molecule has 1 heterocycles. The summed E-state index contributed by atoms with van der Waals surface area (Å²) in [5.74, 6) is 0.0301. The molecule has 0 saturated carbocycles. The number of halogens is 1. The first-order valence-electron chi connectivity index (χ1n) is 4.34. The first-order valence-corrected chi connectivity index (χ1v) is 4.34. The minimum Gasteiger partial charge on any atom is -0.372 e. The van der Waals surface area contributed by atoms with Crippen LogP contribution in [-0.4, -0.2) is 17.9 Å². The Morgan fingerprint density at radius 3 is 2.18 bits per heavy atom. The highest BCUT2D eigenvalue weighted by Crippen LogP contribution is 2.39. The van der Waals surface area contributed by atoms with Gasteiger partial charge in [-0.2, -0.15) is 0 Å². The molecule has 1 aliphatic rings. The fourth-order valence-electron chi connectivity index (χ4n) is 1.70. The molecule has 0 aromatic rings. The maximum Gasteiger partial charge on any atom is 0.139 e. The van der Waals surface area contributed by atoms with E-state index in [1.165, 1.54) is 0 Å². The summed E-state index contributed by atoms with van der Waals surface area (Å²) in [5, 5.41) is 0. The molecule has 4 atom stereocenters. The summed E-state index contributed by atoms with van der Waals surface area (Å²) in [6.07, 6.45) is 0.771. The number of hydrogen-bond donors (Lipinski definition) is 0. The first kappa shape index (κ1) is 8.98. The van der Waals surface area contributed by atoms with E-state index in [0.29, 0.717) is 0 Å². The third-order valence-corrected chi connectivity index (χ3v) is 3.02. The summed E-state index contributed by atoms with van der Waals surface area (Å²) >= 11 is 0. The van der Waals surface area contributed by atoms with Crippen LogP contribution < -0.4 is 0 Å². The Bertz CT molecular complexity index is 144. The van der Waals surface area contributed by atoms with E-state index < -0.39 is 5.67 Å². The summed E-state index contributed by atoms with van der Waals surface area (Å²) in [7, 11) is 0. The van der Waals surface area contributed by atoms with E-state index in [1.807, 2.05) is 20.8 Å². The lowest BCUT2D eigenvalue weighted by atomic mass is 9.87. The minimum atomic E-state index is -1.14. The largest absolute Gasteiger partial charge is 0.372 e. The van der Waals surface area contributed by atoms with Gasteiger partial charge < -0.3 is 4.74 Å². The van der Waals surface area contributed by atoms with Gasteiger partial charge >= 0.3 is 0 Å². The van der Waals surface area contributed by atoms with Crippen molar-refractivity contribution in [3.8, 4) is 0 Å². The Morgan fingerprint density at radius 2 is 2.00 bits per heavy atom. The second-order valence-corrected chi connectivity index (χ2v) is 3.66. The third-order valence-electron chi connectivity index (χ3n) is 3.02. The van der Waals surface area contributed by atoms with Crippen LogP contribution in [-0.2, 0) is 4.74 Å². The molecule has 0 bridgehead atoms. The Morgan fingerprint density at radius 1 is 1.45 bits per heavy atom. The molecule has 1 nitrogen and oxygen atoms in total. The van der Waals surface area contributed by atoms with Crippen LogP contribution in [0.1, 0.15) is 34.1 Å². The summed E-state index contributed by atoms with van der Waals surface area (Å²) in [5.41, 5.74) is -1.14. The van der Waals surface area contributed by atoms with Gasteiger partial charge in [-0.05, 0) is 20.3 Å². The van der Waals surface area contributed by atoms with Gasteiger partial charge in [0.25, 0.3) is 0 Å². The smallest absolute Gasteiger partial charge is 0.139 e. The number of rotatable bonds is 1. The van der Waals surface area contributed by atoms with Gasteiger partial charge in [0.2, 0.25) is 0 Å². The zero-order valence-corrected chi connectivity index (χ0v) is 7.73. The molecular formula is C9H17FO. The van der Waals surface area contributed by atoms with Crippen molar-refractivity contribution in [2.45, 2.75) is 52.0 Å². The Hall–Kier alpha value is -0.110. The monoisotopic (exact) mass is 160 g/mol. The van der Waals surface area contributed by atoms with Crippen molar-refractivity contribution in [3.63, 3.8) is 0 Å². The number of hydrogen-bond acceptors (Lipinski definition) is 1. The highest BCUT2D eigenvalue weighted by molar-refractivity contribution is 4.96. The van der Waals surface area contributed by atoms with Crippen LogP contribution >= 0.6 is 0 Å². The summed E-state index contributed by atoms with van der Waals surface area (Å²) < 4.78 is 19.2. The molecule has 0 N–H and O–H groups in total. The van der Waals surface area contributed by atoms with Gasteiger partial charge in [0.05, 0.1) is 12.2 Å². The van der Waals surface area contributed by atoms with E-state index in [1.54, 1.807) is 6.92 Å². The van der Waals surface area contributed by atoms with Crippen molar-refractivity contribution in [2.24, 2.45) is 5.92 Å². The Labute approximate surface area is 67.9 Å². The van der Waals surface area contributed by atoms with Gasteiger partial charge in [-0.1, -0.05) is 13.8 Å². The molecule has 66 valence electrons. The number of ether oxygens (including phenoxy) is 1. The average Bonchev–Trinajstić information content (AvgIpc) is 2.14. The van der Waals surface area contributed by atoms with Gasteiger partial charge in [-0.3, -0.25) is 0 Å². The van der Waals surface area contributed by atoms with Crippen LogP contribution in [0.3, 0.4) is 0 Å². The highest BCUT2D eigenvalue weighted by atomic mass is 19.1. The molecule has 0 aromatic heterocycles. The van der Waals surface area contributed by atoms with E-state index in [4.69, 9.17) is 4.74 Å². The Balaban J connectivity index is 2.71. The van der Waals surface area contributed by atoms with Gasteiger partial charge in [0.1, 0.15) is 5.67 Å². The minimum absolute atomic E-state index is 0.0301. The summed E-state index contributed by atoms with van der Waals surface area (Å²) in [4.78, 5) is 0. The molecule has 2 heteroatoms. The molecule has 11 heavy (non-hydrogen) atoms. The fourth-order valence-corrected chi connectivity index (χ4v) is 1.70. The maximum atomic E-state index is 13.7. The number of alkyl halides is 1. The predicted octanol–water partition coefficient (Wildman–Crippen LogP) is 2.55. The maximum absolute atomic E-state index is 13.7. The molecule has 0 spiro atoms. The zero-order chi connectivity index (χ0) is 8.65. The molecular weight excluding hydrogens is 143 g/mol. The van der Waals surface area contributed by atoms with Gasteiger partial charge in [0.15, 0.2) is 0 Å². The standard InChI is InChI=1S/C9H17FO/c1-5-8-6(2)9(4,10)7(3)11-8/h6-8H,5H2,1-4H3. The van der Waals surface area contributed by atoms with E-state index in [9.17, 15) is 4.39 Å². The Kier molecular flexibility index (Phi) is 2.24. The molecule has 1 aliphatic heterocycles. The molecule has 4 unspecified atom stereocenters. The van der Waals surface area contributed by atoms with Crippen molar-refractivity contribution in [3.05, 3.63) is 0 Å². The molecule has 0 amide bonds. The second kappa shape index (κ2) is 2.74. The van der Waals surface area contributed by atoms with Crippen LogP contribution in [0.4, 0.5) is 4.39 Å². The van der Waals surface area contributed by atoms with Crippen LogP contribution in [0.25, 0.3) is 0 Å². The van der Waals surface area contributed by atoms with Crippen LogP contribution in [0, 0.1) is 5.92 Å². The lowest BCUT2D eigenvalue weighted by Crippen LogP contribution is -2.33. The fraction of sp³-hybridized carbons (Fsp3) is 1.00. The van der Waals surface area contributed by atoms with Crippen molar-refractivity contribution >= 4 is 0 Å². The first-order chi connectivity index (χ1) is 5.00. The quantitative estimate of drug-likeness (QED) is 0.572. The van der Waals surface area contributed by atoms with E-state index >= 15 is 0 Å². The molecule has 1 fully saturated rings. The normalized spacial score (nSPS) is 51.5. The lowest BCUT2D eigenvalue weighted by molar-refractivity contribution is 0.0147. The molecule has 0 radical (unpaired) electrons. The lowest BCUT2D eigenvalue weighted by Gasteiger charge is -2.21. The zero-order valence-electron chi connectivity index (χ0n) is 7.73. The SMILES string of the molecule is CCC1OC(C)C(C)(F)C1C. The van der Waals surface area contributed by atoms with Crippen molar-refractivity contribution in [1.82, 2.24) is 0 Å². The van der Waals surface area contributed by atoms with Crippen molar-refractivity contribution < 1.29 is 9.13 Å². The van der Waals surface area contributed by atoms with Gasteiger partial charge in [-0.25, -0.2) is 4.39 Å². The van der Waals surface area contributed by atoms with Crippen molar-refractivity contribution in [2.75, 3.05) is 0 Å². The molecule has 1 rings (SSSR count). The van der Waals surface area contributed by atoms with Crippen LogP contribution in [0.15, 0.2) is 0 Å². The second-order valence-electron chi connectivity index (χ2n) is 3.66. The third kappa shape index (κ3) is 1.28.